The second-order valence-corrected chi connectivity index (χ2v) is 10.4. The van der Waals surface area contributed by atoms with Gasteiger partial charge in [0, 0.05) is 12.1 Å². The van der Waals surface area contributed by atoms with Gasteiger partial charge in [0.25, 0.3) is 0 Å². The zero-order valence-corrected chi connectivity index (χ0v) is 20.2. The molecule has 0 bridgehead atoms. The number of carbonyl (C=O) groups excluding carboxylic acids is 2. The second-order valence-electron chi connectivity index (χ2n) is 10.4. The SMILES string of the molecule is C[C@@H]1CNCC[C@@H]1NC(=O)OC(C)(C)C.C[C@H]1CNCC[C@H]1NC(=O)OC(C)(C)C. The molecule has 0 aromatic heterocycles. The molecular formula is C22H44N4O4. The van der Waals surface area contributed by atoms with Crippen molar-refractivity contribution in [2.24, 2.45) is 11.8 Å². The molecule has 30 heavy (non-hydrogen) atoms. The van der Waals surface area contributed by atoms with Gasteiger partial charge in [0.2, 0.25) is 0 Å². The van der Waals surface area contributed by atoms with Crippen molar-refractivity contribution >= 4 is 12.2 Å². The maximum Gasteiger partial charge on any atom is 0.407 e. The summed E-state index contributed by atoms with van der Waals surface area (Å²) in [6.45, 7) is 19.4. The third-order valence-corrected chi connectivity index (χ3v) is 4.97. The molecule has 4 N–H and O–H groups in total. The van der Waals surface area contributed by atoms with Crippen LogP contribution in [-0.2, 0) is 9.47 Å². The molecule has 0 aliphatic carbocycles. The van der Waals surface area contributed by atoms with Crippen LogP contribution >= 0.6 is 0 Å². The Kier molecular flexibility index (Phi) is 10.4. The second kappa shape index (κ2) is 11.7. The molecule has 2 aliphatic rings. The summed E-state index contributed by atoms with van der Waals surface area (Å²) >= 11 is 0. The maximum atomic E-state index is 11.5. The Hall–Kier alpha value is -1.54. The normalized spacial score (nSPS) is 27.2. The van der Waals surface area contributed by atoms with Gasteiger partial charge in [0.15, 0.2) is 0 Å². The van der Waals surface area contributed by atoms with Gasteiger partial charge >= 0.3 is 12.2 Å². The van der Waals surface area contributed by atoms with E-state index in [0.29, 0.717) is 11.8 Å². The molecule has 2 aliphatic heterocycles. The summed E-state index contributed by atoms with van der Waals surface area (Å²) in [6, 6.07) is 0.474. The number of ether oxygens (including phenoxy) is 2. The molecule has 2 saturated heterocycles. The topological polar surface area (TPSA) is 101 Å². The molecule has 4 atom stereocenters. The predicted octanol–water partition coefficient (Wildman–Crippen LogP) is 3.02. The van der Waals surface area contributed by atoms with Crippen LogP contribution in [0.25, 0.3) is 0 Å². The molecule has 0 radical (unpaired) electrons. The molecular weight excluding hydrogens is 384 g/mol. The van der Waals surface area contributed by atoms with E-state index in [1.807, 2.05) is 41.5 Å². The highest BCUT2D eigenvalue weighted by atomic mass is 16.6. The Labute approximate surface area is 182 Å². The van der Waals surface area contributed by atoms with E-state index in [1.165, 1.54) is 0 Å². The lowest BCUT2D eigenvalue weighted by molar-refractivity contribution is 0.0466. The molecule has 176 valence electrons. The molecule has 8 nitrogen and oxygen atoms in total. The third-order valence-electron chi connectivity index (χ3n) is 4.97. The number of carbonyl (C=O) groups is 2. The lowest BCUT2D eigenvalue weighted by Crippen LogP contribution is -2.49. The highest BCUT2D eigenvalue weighted by Gasteiger charge is 2.26. The number of alkyl carbamates (subject to hydrolysis) is 2. The molecule has 0 aromatic carbocycles. The van der Waals surface area contributed by atoms with Crippen molar-refractivity contribution in [3.8, 4) is 0 Å². The Morgan fingerprint density at radius 3 is 1.33 bits per heavy atom. The molecule has 0 saturated carbocycles. The first-order chi connectivity index (χ1) is 13.8. The van der Waals surface area contributed by atoms with Crippen LogP contribution in [0.3, 0.4) is 0 Å². The van der Waals surface area contributed by atoms with Crippen LogP contribution in [0.15, 0.2) is 0 Å². The number of hydrogen-bond donors (Lipinski definition) is 4. The summed E-state index contributed by atoms with van der Waals surface area (Å²) < 4.78 is 10.4. The number of nitrogens with one attached hydrogen (secondary N) is 4. The molecule has 2 amide bonds. The predicted molar refractivity (Wildman–Crippen MR) is 120 cm³/mol. The van der Waals surface area contributed by atoms with Gasteiger partial charge in [-0.15, -0.1) is 0 Å². The Balaban J connectivity index is 0.000000300. The van der Waals surface area contributed by atoms with E-state index < -0.39 is 11.2 Å². The van der Waals surface area contributed by atoms with Crippen molar-refractivity contribution in [1.29, 1.82) is 0 Å². The summed E-state index contributed by atoms with van der Waals surface area (Å²) in [6.07, 6.45) is 1.34. The summed E-state index contributed by atoms with van der Waals surface area (Å²) in [7, 11) is 0. The number of rotatable bonds is 2. The summed E-state index contributed by atoms with van der Waals surface area (Å²) in [5.74, 6) is 0.928. The highest BCUT2D eigenvalue weighted by molar-refractivity contribution is 5.68. The van der Waals surface area contributed by atoms with E-state index in [1.54, 1.807) is 0 Å². The molecule has 0 unspecified atom stereocenters. The largest absolute Gasteiger partial charge is 0.444 e. The van der Waals surface area contributed by atoms with Crippen LogP contribution in [0.2, 0.25) is 0 Å². The Bertz CT molecular complexity index is 494. The van der Waals surface area contributed by atoms with Crippen molar-refractivity contribution < 1.29 is 19.1 Å². The minimum absolute atomic E-state index is 0.237. The summed E-state index contributed by atoms with van der Waals surface area (Å²) in [4.78, 5) is 23.0. The zero-order chi connectivity index (χ0) is 22.9. The van der Waals surface area contributed by atoms with Gasteiger partial charge in [-0.25, -0.2) is 9.59 Å². The van der Waals surface area contributed by atoms with Crippen LogP contribution in [-0.4, -0.2) is 61.7 Å². The van der Waals surface area contributed by atoms with Gasteiger partial charge in [-0.05, 0) is 92.4 Å². The minimum atomic E-state index is -0.416. The van der Waals surface area contributed by atoms with E-state index in [9.17, 15) is 9.59 Å². The average molecular weight is 429 g/mol. The summed E-state index contributed by atoms with van der Waals surface area (Å²) in [5, 5.41) is 12.4. The van der Waals surface area contributed by atoms with E-state index in [0.717, 1.165) is 39.0 Å². The van der Waals surface area contributed by atoms with Crippen molar-refractivity contribution in [2.45, 2.75) is 91.5 Å². The smallest absolute Gasteiger partial charge is 0.407 e. The van der Waals surface area contributed by atoms with Gasteiger partial charge in [0.1, 0.15) is 11.2 Å². The van der Waals surface area contributed by atoms with Crippen molar-refractivity contribution in [3.63, 3.8) is 0 Å². The van der Waals surface area contributed by atoms with Gasteiger partial charge in [-0.2, -0.15) is 0 Å². The maximum absolute atomic E-state index is 11.5. The first-order valence-corrected chi connectivity index (χ1v) is 11.2. The fraction of sp³-hybridized carbons (Fsp3) is 0.909. The zero-order valence-electron chi connectivity index (χ0n) is 20.2. The Morgan fingerprint density at radius 2 is 1.07 bits per heavy atom. The van der Waals surface area contributed by atoms with Gasteiger partial charge in [-0.1, -0.05) is 13.8 Å². The molecule has 0 aromatic rings. The molecule has 2 heterocycles. The van der Waals surface area contributed by atoms with Crippen molar-refractivity contribution in [2.75, 3.05) is 26.2 Å². The fourth-order valence-electron chi connectivity index (χ4n) is 3.37. The molecule has 8 heteroatoms. The van der Waals surface area contributed by atoms with Crippen LogP contribution in [0.5, 0.6) is 0 Å². The lowest BCUT2D eigenvalue weighted by Gasteiger charge is -2.31. The minimum Gasteiger partial charge on any atom is -0.444 e. The molecule has 2 fully saturated rings. The van der Waals surface area contributed by atoms with Gasteiger partial charge in [-0.3, -0.25) is 0 Å². The number of piperidine rings is 2. The van der Waals surface area contributed by atoms with Crippen LogP contribution < -0.4 is 21.3 Å². The van der Waals surface area contributed by atoms with Crippen molar-refractivity contribution in [3.05, 3.63) is 0 Å². The van der Waals surface area contributed by atoms with Crippen LogP contribution in [0, 0.1) is 11.8 Å². The first kappa shape index (κ1) is 26.5. The van der Waals surface area contributed by atoms with E-state index in [4.69, 9.17) is 9.47 Å². The fourth-order valence-corrected chi connectivity index (χ4v) is 3.37. The van der Waals surface area contributed by atoms with Gasteiger partial charge in [0.05, 0.1) is 0 Å². The quantitative estimate of drug-likeness (QED) is 0.539. The number of hydrogen-bond acceptors (Lipinski definition) is 6. The lowest BCUT2D eigenvalue weighted by atomic mass is 9.96. The van der Waals surface area contributed by atoms with Crippen molar-refractivity contribution in [1.82, 2.24) is 21.3 Å². The summed E-state index contributed by atoms with van der Waals surface area (Å²) in [5.41, 5.74) is -0.833. The molecule has 0 spiro atoms. The third kappa shape index (κ3) is 11.6. The van der Waals surface area contributed by atoms with Gasteiger partial charge < -0.3 is 30.7 Å². The Morgan fingerprint density at radius 1 is 0.733 bits per heavy atom. The average Bonchev–Trinajstić information content (AvgIpc) is 2.56. The monoisotopic (exact) mass is 428 g/mol. The standard InChI is InChI=1S/2C11H22N2O2/c2*1-8-7-12-6-5-9(8)13-10(14)15-11(2,3)4/h2*8-9,12H,5-7H2,1-4H3,(H,13,14)/t2*8-,9+/m10/s1. The van der Waals surface area contributed by atoms with E-state index >= 15 is 0 Å². The number of amides is 2. The van der Waals surface area contributed by atoms with Crippen LogP contribution in [0.4, 0.5) is 9.59 Å². The van der Waals surface area contributed by atoms with E-state index in [-0.39, 0.29) is 24.3 Å². The van der Waals surface area contributed by atoms with Crippen LogP contribution in [0.1, 0.15) is 68.2 Å². The highest BCUT2D eigenvalue weighted by Crippen LogP contribution is 2.13. The molecule has 2 rings (SSSR count). The first-order valence-electron chi connectivity index (χ1n) is 11.2. The van der Waals surface area contributed by atoms with E-state index in [2.05, 4.69) is 35.1 Å².